The smallest absolute Gasteiger partial charge is 0.367 e. The molecule has 2 rings (SSSR count). The number of carboxylic acids is 1. The molecule has 1 aliphatic rings. The highest BCUT2D eigenvalue weighted by atomic mass is 35.5. The third-order valence-corrected chi connectivity index (χ3v) is 2.79. The van der Waals surface area contributed by atoms with Crippen LogP contribution in [-0.4, -0.2) is 29.4 Å². The Morgan fingerprint density at radius 2 is 2.30 bits per heavy atom. The van der Waals surface area contributed by atoms with Gasteiger partial charge in [-0.05, 0) is 30.7 Å². The van der Waals surface area contributed by atoms with E-state index in [0.717, 1.165) is 0 Å². The van der Waals surface area contributed by atoms with Gasteiger partial charge < -0.3 is 14.7 Å². The first-order valence-electron chi connectivity index (χ1n) is 5.59. The molecule has 20 heavy (non-hydrogen) atoms. The van der Waals surface area contributed by atoms with Crippen LogP contribution in [-0.2, 0) is 14.4 Å². The Kier molecular flexibility index (Phi) is 4.05. The third-order valence-electron chi connectivity index (χ3n) is 2.49. The zero-order chi connectivity index (χ0) is 14.7. The molecule has 0 aliphatic carbocycles. The van der Waals surface area contributed by atoms with Gasteiger partial charge in [0.1, 0.15) is 5.75 Å². The van der Waals surface area contributed by atoms with Crippen LogP contribution < -0.4 is 4.74 Å². The predicted octanol–water partition coefficient (Wildman–Crippen LogP) is 2.12. The van der Waals surface area contributed by atoms with Crippen molar-refractivity contribution in [2.45, 2.75) is 6.92 Å². The molecule has 0 saturated carbocycles. The number of rotatable bonds is 4. The zero-order valence-electron chi connectivity index (χ0n) is 10.4. The minimum absolute atomic E-state index is 0.251. The highest BCUT2D eigenvalue weighted by Crippen LogP contribution is 2.27. The largest absolute Gasteiger partial charge is 0.480 e. The van der Waals surface area contributed by atoms with Crippen molar-refractivity contribution in [3.8, 4) is 5.75 Å². The molecule has 0 radical (unpaired) electrons. The lowest BCUT2D eigenvalue weighted by atomic mass is 10.1. The Balaban J connectivity index is 2.21. The molecule has 1 aliphatic heterocycles. The average molecular weight is 296 g/mol. The SMILES string of the molecule is CC1=NOC(=O)/C1=C\c1ccc(OCC(=O)O)c(Cl)c1. The zero-order valence-corrected chi connectivity index (χ0v) is 11.2. The van der Waals surface area contributed by atoms with Gasteiger partial charge in [0.05, 0.1) is 16.3 Å². The number of nitrogens with zero attached hydrogens (tertiary/aromatic N) is 1. The van der Waals surface area contributed by atoms with Gasteiger partial charge in [0, 0.05) is 0 Å². The summed E-state index contributed by atoms with van der Waals surface area (Å²) in [7, 11) is 0. The first kappa shape index (κ1) is 14.1. The summed E-state index contributed by atoms with van der Waals surface area (Å²) in [6.07, 6.45) is 1.58. The number of hydrogen-bond acceptors (Lipinski definition) is 5. The fourth-order valence-corrected chi connectivity index (χ4v) is 1.79. The molecule has 1 N–H and O–H groups in total. The minimum Gasteiger partial charge on any atom is -0.480 e. The molecule has 0 bridgehead atoms. The summed E-state index contributed by atoms with van der Waals surface area (Å²) in [5, 5.41) is 12.3. The summed E-state index contributed by atoms with van der Waals surface area (Å²) >= 11 is 5.98. The van der Waals surface area contributed by atoms with E-state index in [1.807, 2.05) is 0 Å². The number of benzene rings is 1. The van der Waals surface area contributed by atoms with Crippen molar-refractivity contribution < 1.29 is 24.3 Å². The molecule has 0 amide bonds. The summed E-state index contributed by atoms with van der Waals surface area (Å²) < 4.78 is 5.00. The summed E-state index contributed by atoms with van der Waals surface area (Å²) in [6, 6.07) is 4.74. The van der Waals surface area contributed by atoms with Crippen LogP contribution >= 0.6 is 11.6 Å². The van der Waals surface area contributed by atoms with Crippen molar-refractivity contribution in [3.63, 3.8) is 0 Å². The number of carbonyl (C=O) groups excluding carboxylic acids is 1. The number of aliphatic carboxylic acids is 1. The van der Waals surface area contributed by atoms with Gasteiger partial charge in [0.15, 0.2) is 6.61 Å². The van der Waals surface area contributed by atoms with Gasteiger partial charge in [-0.3, -0.25) is 0 Å². The Morgan fingerprint density at radius 3 is 2.85 bits per heavy atom. The van der Waals surface area contributed by atoms with E-state index in [1.165, 1.54) is 6.07 Å². The van der Waals surface area contributed by atoms with Crippen LogP contribution in [0.5, 0.6) is 5.75 Å². The van der Waals surface area contributed by atoms with E-state index in [1.54, 1.807) is 25.1 Å². The van der Waals surface area contributed by atoms with Crippen molar-refractivity contribution in [1.29, 1.82) is 0 Å². The van der Waals surface area contributed by atoms with Crippen LogP contribution in [0, 0.1) is 0 Å². The summed E-state index contributed by atoms with van der Waals surface area (Å²) in [5.41, 5.74) is 1.48. The second kappa shape index (κ2) is 5.75. The molecule has 7 heteroatoms. The van der Waals surface area contributed by atoms with Crippen LogP contribution in [0.2, 0.25) is 5.02 Å². The minimum atomic E-state index is -1.09. The van der Waals surface area contributed by atoms with Crippen LogP contribution in [0.25, 0.3) is 6.08 Å². The Morgan fingerprint density at radius 1 is 1.55 bits per heavy atom. The average Bonchev–Trinajstić information content (AvgIpc) is 2.69. The van der Waals surface area contributed by atoms with Gasteiger partial charge in [0.2, 0.25) is 0 Å². The number of ether oxygens (including phenoxy) is 1. The monoisotopic (exact) mass is 295 g/mol. The number of carboxylic acid groups (broad SMARTS) is 1. The number of oxime groups is 1. The van der Waals surface area contributed by atoms with Gasteiger partial charge in [-0.1, -0.05) is 22.8 Å². The molecule has 0 fully saturated rings. The lowest BCUT2D eigenvalue weighted by Crippen LogP contribution is -2.09. The second-order valence-electron chi connectivity index (χ2n) is 3.99. The molecule has 0 unspecified atom stereocenters. The fraction of sp³-hybridized carbons (Fsp3) is 0.154. The Labute approximate surface area is 119 Å². The summed E-state index contributed by atoms with van der Waals surface area (Å²) in [6.45, 7) is 1.18. The second-order valence-corrected chi connectivity index (χ2v) is 4.39. The molecule has 1 heterocycles. The maximum Gasteiger partial charge on any atom is 0.367 e. The van der Waals surface area contributed by atoms with Crippen molar-refractivity contribution in [2.75, 3.05) is 6.61 Å². The number of halogens is 1. The van der Waals surface area contributed by atoms with E-state index >= 15 is 0 Å². The summed E-state index contributed by atoms with van der Waals surface area (Å²) in [4.78, 5) is 26.3. The topological polar surface area (TPSA) is 85.2 Å². The maximum absolute atomic E-state index is 11.4. The van der Waals surface area contributed by atoms with Crippen molar-refractivity contribution in [1.82, 2.24) is 0 Å². The van der Waals surface area contributed by atoms with E-state index in [9.17, 15) is 9.59 Å². The fourth-order valence-electron chi connectivity index (χ4n) is 1.55. The van der Waals surface area contributed by atoms with E-state index in [2.05, 4.69) is 9.99 Å². The van der Waals surface area contributed by atoms with Crippen LogP contribution in [0.15, 0.2) is 28.9 Å². The molecule has 1 aromatic rings. The van der Waals surface area contributed by atoms with Gasteiger partial charge in [-0.2, -0.15) is 0 Å². The van der Waals surface area contributed by atoms with Crippen LogP contribution in [0.3, 0.4) is 0 Å². The van der Waals surface area contributed by atoms with E-state index in [0.29, 0.717) is 16.8 Å². The number of carbonyl (C=O) groups is 2. The third kappa shape index (κ3) is 3.16. The lowest BCUT2D eigenvalue weighted by molar-refractivity contribution is -0.139. The van der Waals surface area contributed by atoms with Crippen molar-refractivity contribution in [2.24, 2.45) is 5.16 Å². The van der Waals surface area contributed by atoms with E-state index in [4.69, 9.17) is 21.4 Å². The molecule has 0 spiro atoms. The first-order valence-corrected chi connectivity index (χ1v) is 5.97. The predicted molar refractivity (Wildman–Crippen MR) is 71.8 cm³/mol. The molecule has 1 aromatic carbocycles. The molecule has 0 saturated heterocycles. The standard InChI is InChI=1S/C13H10ClNO5/c1-7-9(13(18)20-15-7)4-8-2-3-11(10(14)5-8)19-6-12(16)17/h2-5H,6H2,1H3,(H,16,17)/b9-4-. The first-order chi connectivity index (χ1) is 9.47. The highest BCUT2D eigenvalue weighted by Gasteiger charge is 2.21. The molecular weight excluding hydrogens is 286 g/mol. The maximum atomic E-state index is 11.4. The van der Waals surface area contributed by atoms with Gasteiger partial charge in [-0.25, -0.2) is 9.59 Å². The highest BCUT2D eigenvalue weighted by molar-refractivity contribution is 6.32. The Bertz CT molecular complexity index is 636. The quantitative estimate of drug-likeness (QED) is 0.679. The Hall–Kier alpha value is -2.34. The van der Waals surface area contributed by atoms with E-state index in [-0.39, 0.29) is 10.8 Å². The lowest BCUT2D eigenvalue weighted by Gasteiger charge is -2.06. The van der Waals surface area contributed by atoms with Crippen molar-refractivity contribution in [3.05, 3.63) is 34.4 Å². The van der Waals surface area contributed by atoms with Crippen LogP contribution in [0.1, 0.15) is 12.5 Å². The number of hydrogen-bond donors (Lipinski definition) is 1. The van der Waals surface area contributed by atoms with Gasteiger partial charge >= 0.3 is 11.9 Å². The molecule has 6 nitrogen and oxygen atoms in total. The van der Waals surface area contributed by atoms with Gasteiger partial charge in [0.25, 0.3) is 0 Å². The van der Waals surface area contributed by atoms with Gasteiger partial charge in [-0.15, -0.1) is 0 Å². The molecule has 104 valence electrons. The normalized spacial score (nSPS) is 16.0. The summed E-state index contributed by atoms with van der Waals surface area (Å²) in [5.74, 6) is -1.35. The van der Waals surface area contributed by atoms with Crippen molar-refractivity contribution >= 4 is 35.3 Å². The van der Waals surface area contributed by atoms with E-state index < -0.39 is 18.5 Å². The molecular formula is C13H10ClNO5. The molecule has 0 aromatic heterocycles. The molecule has 0 atom stereocenters. The van der Waals surface area contributed by atoms with Crippen LogP contribution in [0.4, 0.5) is 0 Å².